The first-order valence-electron chi connectivity index (χ1n) is 5.04. The maximum absolute atomic E-state index is 10.9. The minimum atomic E-state index is -1.52. The van der Waals surface area contributed by atoms with Crippen LogP contribution in [-0.2, 0) is 19.2 Å². The number of rotatable bonds is 9. The van der Waals surface area contributed by atoms with E-state index in [-0.39, 0.29) is 18.0 Å². The highest BCUT2D eigenvalue weighted by molar-refractivity contribution is 8.00. The molecule has 0 heterocycles. The summed E-state index contributed by atoms with van der Waals surface area (Å²) in [5, 5.41) is 24.9. The maximum atomic E-state index is 10.9. The molecular formula is C10H14O7S. The number of hydrogen-bond acceptors (Lipinski definition) is 5. The third-order valence-electron chi connectivity index (χ3n) is 2.07. The lowest BCUT2D eigenvalue weighted by atomic mass is 10.0. The minimum Gasteiger partial charge on any atom is -0.481 e. The summed E-state index contributed by atoms with van der Waals surface area (Å²) in [5.74, 6) is -5.75. The number of carbonyl (C=O) groups excluding carboxylic acids is 1. The SMILES string of the molecule is CC(=O)CCSC(C(=O)O)C(CC(=O)O)C(=O)O. The molecule has 0 aromatic heterocycles. The number of carboxylic acid groups (broad SMARTS) is 3. The highest BCUT2D eigenvalue weighted by atomic mass is 32.2. The molecule has 0 spiro atoms. The molecule has 0 radical (unpaired) electrons. The Hall–Kier alpha value is -1.57. The Bertz CT molecular complexity index is 352. The molecule has 0 bridgehead atoms. The van der Waals surface area contributed by atoms with Crippen molar-refractivity contribution in [2.45, 2.75) is 25.0 Å². The van der Waals surface area contributed by atoms with E-state index in [1.165, 1.54) is 6.92 Å². The molecule has 0 aromatic carbocycles. The largest absolute Gasteiger partial charge is 0.481 e. The van der Waals surface area contributed by atoms with Gasteiger partial charge in [-0.1, -0.05) is 0 Å². The molecule has 8 heteroatoms. The first kappa shape index (κ1) is 16.4. The van der Waals surface area contributed by atoms with E-state index in [1.807, 2.05) is 0 Å². The molecule has 18 heavy (non-hydrogen) atoms. The van der Waals surface area contributed by atoms with Crippen LogP contribution in [0.1, 0.15) is 19.8 Å². The van der Waals surface area contributed by atoms with Crippen LogP contribution < -0.4 is 0 Å². The molecule has 7 nitrogen and oxygen atoms in total. The van der Waals surface area contributed by atoms with Gasteiger partial charge >= 0.3 is 17.9 Å². The van der Waals surface area contributed by atoms with Gasteiger partial charge in [0, 0.05) is 12.2 Å². The van der Waals surface area contributed by atoms with Crippen molar-refractivity contribution in [1.29, 1.82) is 0 Å². The Morgan fingerprint density at radius 3 is 1.94 bits per heavy atom. The molecule has 0 fully saturated rings. The van der Waals surface area contributed by atoms with Crippen molar-refractivity contribution in [3.8, 4) is 0 Å². The highest BCUT2D eigenvalue weighted by Gasteiger charge is 2.35. The van der Waals surface area contributed by atoms with Gasteiger partial charge in [-0.05, 0) is 6.92 Å². The minimum absolute atomic E-state index is 0.119. The summed E-state index contributed by atoms with van der Waals surface area (Å²) in [7, 11) is 0. The third-order valence-corrected chi connectivity index (χ3v) is 3.40. The van der Waals surface area contributed by atoms with Crippen molar-refractivity contribution in [3.05, 3.63) is 0 Å². The normalized spacial score (nSPS) is 13.6. The Kier molecular flexibility index (Phi) is 7.03. The molecule has 0 amide bonds. The van der Waals surface area contributed by atoms with E-state index in [4.69, 9.17) is 15.3 Å². The number of Topliss-reactive ketones (excluding diaryl/α,β-unsaturated/α-hetero) is 1. The van der Waals surface area contributed by atoms with Crippen LogP contribution in [-0.4, -0.2) is 50.0 Å². The molecular weight excluding hydrogens is 264 g/mol. The van der Waals surface area contributed by atoms with Gasteiger partial charge in [-0.15, -0.1) is 11.8 Å². The van der Waals surface area contributed by atoms with E-state index in [9.17, 15) is 19.2 Å². The summed E-state index contributed by atoms with van der Waals surface area (Å²) in [6.07, 6.45) is -0.646. The average Bonchev–Trinajstić information content (AvgIpc) is 2.20. The van der Waals surface area contributed by atoms with Gasteiger partial charge in [0.15, 0.2) is 0 Å². The molecule has 0 saturated heterocycles. The summed E-state index contributed by atoms with van der Waals surface area (Å²) in [6, 6.07) is 0. The van der Waals surface area contributed by atoms with E-state index in [0.29, 0.717) is 0 Å². The number of carbonyl (C=O) groups is 4. The Morgan fingerprint density at radius 1 is 1.06 bits per heavy atom. The number of aliphatic carboxylic acids is 3. The second kappa shape index (κ2) is 7.70. The molecule has 2 unspecified atom stereocenters. The maximum Gasteiger partial charge on any atom is 0.317 e. The predicted molar refractivity (Wildman–Crippen MR) is 62.6 cm³/mol. The second-order valence-electron chi connectivity index (χ2n) is 3.62. The second-order valence-corrected chi connectivity index (χ2v) is 4.87. The van der Waals surface area contributed by atoms with Crippen LogP contribution in [0.5, 0.6) is 0 Å². The van der Waals surface area contributed by atoms with Crippen molar-refractivity contribution in [2.24, 2.45) is 5.92 Å². The van der Waals surface area contributed by atoms with Crippen molar-refractivity contribution in [3.63, 3.8) is 0 Å². The molecule has 0 aliphatic carbocycles. The van der Waals surface area contributed by atoms with E-state index < -0.39 is 35.5 Å². The van der Waals surface area contributed by atoms with E-state index >= 15 is 0 Å². The van der Waals surface area contributed by atoms with Crippen LogP contribution in [0.15, 0.2) is 0 Å². The predicted octanol–water partition coefficient (Wildman–Crippen LogP) is 0.327. The van der Waals surface area contributed by atoms with Crippen molar-refractivity contribution >= 4 is 35.5 Å². The van der Waals surface area contributed by atoms with Crippen molar-refractivity contribution in [2.75, 3.05) is 5.75 Å². The number of carboxylic acids is 3. The zero-order valence-corrected chi connectivity index (χ0v) is 10.5. The summed E-state index contributed by atoms with van der Waals surface area (Å²) in [5.41, 5.74) is 0. The average molecular weight is 278 g/mol. The lowest BCUT2D eigenvalue weighted by molar-refractivity contribution is -0.151. The Morgan fingerprint density at radius 2 is 1.61 bits per heavy atom. The van der Waals surface area contributed by atoms with E-state index in [2.05, 4.69) is 0 Å². The van der Waals surface area contributed by atoms with Gasteiger partial charge in [-0.3, -0.25) is 19.2 Å². The van der Waals surface area contributed by atoms with Gasteiger partial charge in [0.2, 0.25) is 0 Å². The van der Waals surface area contributed by atoms with Crippen molar-refractivity contribution < 1.29 is 34.5 Å². The first-order valence-corrected chi connectivity index (χ1v) is 6.09. The molecule has 0 saturated carbocycles. The lowest BCUT2D eigenvalue weighted by Gasteiger charge is -2.18. The monoisotopic (exact) mass is 278 g/mol. The van der Waals surface area contributed by atoms with Gasteiger partial charge in [0.1, 0.15) is 11.0 Å². The van der Waals surface area contributed by atoms with Crippen LogP contribution in [0.4, 0.5) is 0 Å². The highest BCUT2D eigenvalue weighted by Crippen LogP contribution is 2.24. The van der Waals surface area contributed by atoms with Crippen LogP contribution in [0.3, 0.4) is 0 Å². The molecule has 0 aliphatic heterocycles. The molecule has 0 rings (SSSR count). The van der Waals surface area contributed by atoms with Gasteiger partial charge in [0.25, 0.3) is 0 Å². The van der Waals surface area contributed by atoms with Gasteiger partial charge in [-0.25, -0.2) is 0 Å². The topological polar surface area (TPSA) is 129 Å². The Labute approximate surface area is 107 Å². The number of hydrogen-bond donors (Lipinski definition) is 3. The fourth-order valence-corrected chi connectivity index (χ4v) is 2.45. The van der Waals surface area contributed by atoms with Crippen LogP contribution in [0, 0.1) is 5.92 Å². The standard InChI is InChI=1S/C10H14O7S/c1-5(11)2-3-18-8(10(16)17)6(9(14)15)4-7(12)13/h6,8H,2-4H2,1H3,(H,12,13)(H,14,15)(H,16,17). The molecule has 2 atom stereocenters. The molecule has 102 valence electrons. The Balaban J connectivity index is 4.70. The summed E-state index contributed by atoms with van der Waals surface area (Å²) < 4.78 is 0. The lowest BCUT2D eigenvalue weighted by Crippen LogP contribution is -2.34. The van der Waals surface area contributed by atoms with Crippen LogP contribution in [0.25, 0.3) is 0 Å². The third kappa shape index (κ3) is 6.24. The molecule has 3 N–H and O–H groups in total. The zero-order valence-electron chi connectivity index (χ0n) is 9.66. The van der Waals surface area contributed by atoms with Gasteiger partial charge in [0.05, 0.1) is 12.3 Å². The quantitative estimate of drug-likeness (QED) is 0.550. The van der Waals surface area contributed by atoms with Gasteiger partial charge in [-0.2, -0.15) is 0 Å². The fourth-order valence-electron chi connectivity index (χ4n) is 1.20. The fraction of sp³-hybridized carbons (Fsp3) is 0.600. The number of ketones is 1. The van der Waals surface area contributed by atoms with E-state index in [0.717, 1.165) is 11.8 Å². The number of thioether (sulfide) groups is 1. The van der Waals surface area contributed by atoms with Crippen LogP contribution in [0.2, 0.25) is 0 Å². The summed E-state index contributed by atoms with van der Waals surface area (Å²) in [4.78, 5) is 43.0. The molecule has 0 aliphatic rings. The summed E-state index contributed by atoms with van der Waals surface area (Å²) in [6.45, 7) is 1.34. The van der Waals surface area contributed by atoms with Gasteiger partial charge < -0.3 is 15.3 Å². The summed E-state index contributed by atoms with van der Waals surface area (Å²) >= 11 is 0.772. The smallest absolute Gasteiger partial charge is 0.317 e. The molecule has 0 aromatic rings. The van der Waals surface area contributed by atoms with E-state index in [1.54, 1.807) is 0 Å². The van der Waals surface area contributed by atoms with Crippen molar-refractivity contribution in [1.82, 2.24) is 0 Å². The zero-order chi connectivity index (χ0) is 14.3. The first-order chi connectivity index (χ1) is 8.25. The van der Waals surface area contributed by atoms with Crippen LogP contribution >= 0.6 is 11.8 Å².